The van der Waals surface area contributed by atoms with Crippen molar-refractivity contribution in [3.05, 3.63) is 83.9 Å². The van der Waals surface area contributed by atoms with E-state index in [1.54, 1.807) is 17.0 Å². The van der Waals surface area contributed by atoms with Gasteiger partial charge >= 0.3 is 0 Å². The third-order valence-electron chi connectivity index (χ3n) is 5.82. The molecule has 0 spiro atoms. The standard InChI is InChI=1S/C26H27N3O3/c1-27(2)23-11-7-22(8-12-23)26(32)29-17-15-28(16-18-29)25(31)21-5-3-19(4-6-21)20-9-13-24(30)14-10-20/h3-14,30H,15-18H2,1-2H3. The number of rotatable bonds is 4. The van der Waals surface area contributed by atoms with Gasteiger partial charge in [0.25, 0.3) is 11.8 Å². The Hall–Kier alpha value is -3.80. The first-order valence-corrected chi connectivity index (χ1v) is 10.7. The predicted molar refractivity (Wildman–Crippen MR) is 126 cm³/mol. The highest BCUT2D eigenvalue weighted by Crippen LogP contribution is 2.23. The fourth-order valence-electron chi connectivity index (χ4n) is 3.84. The smallest absolute Gasteiger partial charge is 0.253 e. The third kappa shape index (κ3) is 4.59. The Bertz CT molecular complexity index is 1080. The van der Waals surface area contributed by atoms with Gasteiger partial charge in [-0.25, -0.2) is 0 Å². The molecule has 1 aliphatic rings. The van der Waals surface area contributed by atoms with Gasteiger partial charge in [0.2, 0.25) is 0 Å². The fraction of sp³-hybridized carbons (Fsp3) is 0.231. The van der Waals surface area contributed by atoms with Crippen LogP contribution in [0, 0.1) is 0 Å². The average molecular weight is 430 g/mol. The van der Waals surface area contributed by atoms with Gasteiger partial charge in [0.05, 0.1) is 0 Å². The molecule has 0 radical (unpaired) electrons. The summed E-state index contributed by atoms with van der Waals surface area (Å²) in [6, 6.07) is 22.0. The summed E-state index contributed by atoms with van der Waals surface area (Å²) in [7, 11) is 3.93. The van der Waals surface area contributed by atoms with E-state index in [9.17, 15) is 14.7 Å². The van der Waals surface area contributed by atoms with E-state index >= 15 is 0 Å². The van der Waals surface area contributed by atoms with Gasteiger partial charge in [0, 0.05) is 57.1 Å². The van der Waals surface area contributed by atoms with Crippen LogP contribution in [0.15, 0.2) is 72.8 Å². The van der Waals surface area contributed by atoms with Crippen LogP contribution >= 0.6 is 0 Å². The predicted octanol–water partition coefficient (Wildman–Crippen LogP) is 3.72. The molecule has 1 aliphatic heterocycles. The van der Waals surface area contributed by atoms with Crippen LogP contribution in [0.5, 0.6) is 5.75 Å². The molecule has 3 aromatic carbocycles. The lowest BCUT2D eigenvalue weighted by Gasteiger charge is -2.35. The van der Waals surface area contributed by atoms with Crippen LogP contribution in [0.1, 0.15) is 20.7 Å². The van der Waals surface area contributed by atoms with Gasteiger partial charge in [-0.1, -0.05) is 24.3 Å². The molecule has 0 saturated carbocycles. The Morgan fingerprint density at radius 2 is 1.03 bits per heavy atom. The lowest BCUT2D eigenvalue weighted by Crippen LogP contribution is -2.50. The molecule has 0 atom stereocenters. The molecular weight excluding hydrogens is 402 g/mol. The lowest BCUT2D eigenvalue weighted by atomic mass is 10.0. The molecule has 2 amide bonds. The zero-order valence-electron chi connectivity index (χ0n) is 18.4. The van der Waals surface area contributed by atoms with E-state index in [2.05, 4.69) is 0 Å². The third-order valence-corrected chi connectivity index (χ3v) is 5.82. The number of anilines is 1. The van der Waals surface area contributed by atoms with E-state index in [1.807, 2.05) is 84.6 Å². The summed E-state index contributed by atoms with van der Waals surface area (Å²) >= 11 is 0. The van der Waals surface area contributed by atoms with E-state index in [0.29, 0.717) is 37.3 Å². The molecule has 0 aromatic heterocycles. The first kappa shape index (κ1) is 21.4. The number of phenols is 1. The highest BCUT2D eigenvalue weighted by atomic mass is 16.3. The normalized spacial score (nSPS) is 13.7. The van der Waals surface area contributed by atoms with Crippen molar-refractivity contribution in [1.29, 1.82) is 0 Å². The van der Waals surface area contributed by atoms with Gasteiger partial charge in [-0.2, -0.15) is 0 Å². The number of nitrogens with zero attached hydrogens (tertiary/aromatic N) is 3. The quantitative estimate of drug-likeness (QED) is 0.687. The minimum atomic E-state index is -0.0234. The van der Waals surface area contributed by atoms with Crippen LogP contribution < -0.4 is 4.90 Å². The topological polar surface area (TPSA) is 64.1 Å². The molecule has 3 aromatic rings. The van der Waals surface area contributed by atoms with Crippen molar-refractivity contribution in [2.24, 2.45) is 0 Å². The molecule has 0 bridgehead atoms. The van der Waals surface area contributed by atoms with Crippen molar-refractivity contribution < 1.29 is 14.7 Å². The van der Waals surface area contributed by atoms with Crippen LogP contribution in [0.4, 0.5) is 5.69 Å². The van der Waals surface area contributed by atoms with Crippen molar-refractivity contribution in [2.75, 3.05) is 45.2 Å². The Balaban J connectivity index is 1.36. The zero-order chi connectivity index (χ0) is 22.7. The zero-order valence-corrected chi connectivity index (χ0v) is 18.4. The van der Waals surface area contributed by atoms with Crippen LogP contribution in [0.2, 0.25) is 0 Å². The minimum Gasteiger partial charge on any atom is -0.508 e. The second-order valence-corrected chi connectivity index (χ2v) is 8.15. The number of hydrogen-bond donors (Lipinski definition) is 1. The maximum atomic E-state index is 12.9. The van der Waals surface area contributed by atoms with E-state index in [0.717, 1.165) is 16.8 Å². The number of amides is 2. The Morgan fingerprint density at radius 1 is 0.656 bits per heavy atom. The highest BCUT2D eigenvalue weighted by molar-refractivity contribution is 5.96. The molecule has 1 N–H and O–H groups in total. The average Bonchev–Trinajstić information content (AvgIpc) is 2.84. The maximum Gasteiger partial charge on any atom is 0.253 e. The van der Waals surface area contributed by atoms with Crippen molar-refractivity contribution in [3.8, 4) is 16.9 Å². The SMILES string of the molecule is CN(C)c1ccc(C(=O)N2CCN(C(=O)c3ccc(-c4ccc(O)cc4)cc3)CC2)cc1. The Kier molecular flexibility index (Phi) is 6.12. The molecule has 1 fully saturated rings. The van der Waals surface area contributed by atoms with Gasteiger partial charge < -0.3 is 19.8 Å². The van der Waals surface area contributed by atoms with Gasteiger partial charge in [-0.05, 0) is 59.7 Å². The molecule has 32 heavy (non-hydrogen) atoms. The summed E-state index contributed by atoms with van der Waals surface area (Å²) in [5.74, 6) is 0.203. The molecule has 1 heterocycles. The number of carbonyl (C=O) groups excluding carboxylic acids is 2. The summed E-state index contributed by atoms with van der Waals surface area (Å²) in [4.78, 5) is 31.3. The van der Waals surface area contributed by atoms with Crippen LogP contribution in [0.3, 0.4) is 0 Å². The molecule has 6 nitrogen and oxygen atoms in total. The Labute approximate surface area is 188 Å². The van der Waals surface area contributed by atoms with E-state index < -0.39 is 0 Å². The Morgan fingerprint density at radius 3 is 1.44 bits per heavy atom. The van der Waals surface area contributed by atoms with Gasteiger partial charge in [-0.3, -0.25) is 9.59 Å². The second kappa shape index (κ2) is 9.14. The monoisotopic (exact) mass is 429 g/mol. The van der Waals surface area contributed by atoms with Crippen molar-refractivity contribution in [2.45, 2.75) is 0 Å². The number of aromatic hydroxyl groups is 1. The molecule has 0 unspecified atom stereocenters. The first-order valence-electron chi connectivity index (χ1n) is 10.7. The molecule has 0 aliphatic carbocycles. The molecule has 6 heteroatoms. The summed E-state index contributed by atoms with van der Waals surface area (Å²) in [5.41, 5.74) is 4.31. The van der Waals surface area contributed by atoms with Crippen LogP contribution in [-0.2, 0) is 0 Å². The summed E-state index contributed by atoms with van der Waals surface area (Å²) in [5, 5.41) is 9.44. The highest BCUT2D eigenvalue weighted by Gasteiger charge is 2.25. The van der Waals surface area contributed by atoms with Crippen molar-refractivity contribution >= 4 is 17.5 Å². The largest absolute Gasteiger partial charge is 0.508 e. The number of carbonyl (C=O) groups is 2. The minimum absolute atomic E-state index is 0.000607. The number of piperazine rings is 1. The number of benzene rings is 3. The fourth-order valence-corrected chi connectivity index (χ4v) is 3.84. The first-order chi connectivity index (χ1) is 15.4. The lowest BCUT2D eigenvalue weighted by molar-refractivity contribution is 0.0535. The molecule has 4 rings (SSSR count). The van der Waals surface area contributed by atoms with Crippen molar-refractivity contribution in [1.82, 2.24) is 9.80 Å². The number of phenolic OH excluding ortho intramolecular Hbond substituents is 1. The van der Waals surface area contributed by atoms with Gasteiger partial charge in [-0.15, -0.1) is 0 Å². The molecule has 1 saturated heterocycles. The van der Waals surface area contributed by atoms with Gasteiger partial charge in [0.1, 0.15) is 5.75 Å². The van der Waals surface area contributed by atoms with Crippen molar-refractivity contribution in [3.63, 3.8) is 0 Å². The van der Waals surface area contributed by atoms with E-state index in [-0.39, 0.29) is 17.6 Å². The summed E-state index contributed by atoms with van der Waals surface area (Å²) in [6.07, 6.45) is 0. The second-order valence-electron chi connectivity index (χ2n) is 8.15. The molecule has 164 valence electrons. The summed E-state index contributed by atoms with van der Waals surface area (Å²) < 4.78 is 0. The molecular formula is C26H27N3O3. The number of hydrogen-bond acceptors (Lipinski definition) is 4. The van der Waals surface area contributed by atoms with E-state index in [1.165, 1.54) is 0 Å². The van der Waals surface area contributed by atoms with Gasteiger partial charge in [0.15, 0.2) is 0 Å². The van der Waals surface area contributed by atoms with E-state index in [4.69, 9.17) is 0 Å². The van der Waals surface area contributed by atoms with Crippen LogP contribution in [0.25, 0.3) is 11.1 Å². The summed E-state index contributed by atoms with van der Waals surface area (Å²) in [6.45, 7) is 2.07. The van der Waals surface area contributed by atoms with Crippen LogP contribution in [-0.4, -0.2) is 67.0 Å². The maximum absolute atomic E-state index is 12.9.